The van der Waals surface area contributed by atoms with E-state index < -0.39 is 0 Å². The van der Waals surface area contributed by atoms with Crippen molar-refractivity contribution in [3.05, 3.63) is 47.6 Å². The first-order valence-electron chi connectivity index (χ1n) is 4.33. The molecule has 1 heterocycles. The van der Waals surface area contributed by atoms with Crippen LogP contribution in [0, 0.1) is 0 Å². The Morgan fingerprint density at radius 2 is 1.87 bits per heavy atom. The van der Waals surface area contributed by atoms with Crippen molar-refractivity contribution in [2.75, 3.05) is 0 Å². The molecule has 15 heavy (non-hydrogen) atoms. The SMILES string of the molecule is Oc1ccc(Oc2ncccc2Cl)cc1. The van der Waals surface area contributed by atoms with E-state index in [1.807, 2.05) is 0 Å². The lowest BCUT2D eigenvalue weighted by atomic mass is 10.3. The van der Waals surface area contributed by atoms with Crippen molar-refractivity contribution >= 4 is 11.6 Å². The van der Waals surface area contributed by atoms with Crippen LogP contribution in [-0.4, -0.2) is 10.1 Å². The molecule has 0 amide bonds. The van der Waals surface area contributed by atoms with Gasteiger partial charge in [-0.05, 0) is 36.4 Å². The van der Waals surface area contributed by atoms with Gasteiger partial charge in [0.15, 0.2) is 0 Å². The van der Waals surface area contributed by atoms with E-state index >= 15 is 0 Å². The molecule has 76 valence electrons. The maximum atomic E-state index is 9.08. The second kappa shape index (κ2) is 4.19. The van der Waals surface area contributed by atoms with E-state index in [-0.39, 0.29) is 5.75 Å². The molecule has 2 aromatic rings. The molecule has 1 aromatic carbocycles. The molecule has 2 rings (SSSR count). The van der Waals surface area contributed by atoms with Crippen molar-refractivity contribution in [2.24, 2.45) is 0 Å². The van der Waals surface area contributed by atoms with Gasteiger partial charge in [-0.25, -0.2) is 4.98 Å². The van der Waals surface area contributed by atoms with Gasteiger partial charge in [-0.1, -0.05) is 11.6 Å². The number of phenols is 1. The van der Waals surface area contributed by atoms with Gasteiger partial charge in [-0.15, -0.1) is 0 Å². The summed E-state index contributed by atoms with van der Waals surface area (Å²) in [5.74, 6) is 1.12. The minimum Gasteiger partial charge on any atom is -0.508 e. The average Bonchev–Trinajstić information content (AvgIpc) is 2.25. The number of benzene rings is 1. The van der Waals surface area contributed by atoms with Crippen LogP contribution >= 0.6 is 11.6 Å². The van der Waals surface area contributed by atoms with Gasteiger partial charge < -0.3 is 9.84 Å². The molecule has 0 radical (unpaired) electrons. The number of rotatable bonds is 2. The minimum absolute atomic E-state index is 0.189. The predicted molar refractivity (Wildman–Crippen MR) is 57.4 cm³/mol. The maximum Gasteiger partial charge on any atom is 0.238 e. The zero-order valence-electron chi connectivity index (χ0n) is 7.72. The van der Waals surface area contributed by atoms with Crippen molar-refractivity contribution in [3.63, 3.8) is 0 Å². The monoisotopic (exact) mass is 221 g/mol. The summed E-state index contributed by atoms with van der Waals surface area (Å²) >= 11 is 5.87. The normalized spacial score (nSPS) is 9.93. The molecule has 0 spiro atoms. The second-order valence-electron chi connectivity index (χ2n) is 2.89. The van der Waals surface area contributed by atoms with Gasteiger partial charge in [0.2, 0.25) is 5.88 Å². The number of phenolic OH excluding ortho intramolecular Hbond substituents is 1. The Balaban J connectivity index is 2.22. The fraction of sp³-hybridized carbons (Fsp3) is 0. The molecule has 0 saturated heterocycles. The lowest BCUT2D eigenvalue weighted by Crippen LogP contribution is -1.87. The van der Waals surface area contributed by atoms with Gasteiger partial charge in [0, 0.05) is 6.20 Å². The number of nitrogens with zero attached hydrogens (tertiary/aromatic N) is 1. The molecule has 1 N–H and O–H groups in total. The largest absolute Gasteiger partial charge is 0.508 e. The highest BCUT2D eigenvalue weighted by molar-refractivity contribution is 6.31. The summed E-state index contributed by atoms with van der Waals surface area (Å²) in [6.07, 6.45) is 1.60. The van der Waals surface area contributed by atoms with Gasteiger partial charge in [0.1, 0.15) is 16.5 Å². The van der Waals surface area contributed by atoms with Crippen molar-refractivity contribution in [3.8, 4) is 17.4 Å². The topological polar surface area (TPSA) is 42.4 Å². The van der Waals surface area contributed by atoms with Gasteiger partial charge in [-0.3, -0.25) is 0 Å². The zero-order valence-corrected chi connectivity index (χ0v) is 8.48. The Morgan fingerprint density at radius 3 is 2.53 bits per heavy atom. The first-order valence-corrected chi connectivity index (χ1v) is 4.71. The molecule has 0 aliphatic carbocycles. The van der Waals surface area contributed by atoms with Gasteiger partial charge in [0.05, 0.1) is 0 Å². The van der Waals surface area contributed by atoms with Crippen LogP contribution in [0.4, 0.5) is 0 Å². The number of pyridine rings is 1. The second-order valence-corrected chi connectivity index (χ2v) is 3.29. The first-order chi connectivity index (χ1) is 7.25. The minimum atomic E-state index is 0.189. The maximum absolute atomic E-state index is 9.08. The predicted octanol–water partition coefficient (Wildman–Crippen LogP) is 3.23. The summed E-state index contributed by atoms with van der Waals surface area (Å²) in [6, 6.07) is 9.77. The molecule has 3 nitrogen and oxygen atoms in total. The van der Waals surface area contributed by atoms with Gasteiger partial charge in [0.25, 0.3) is 0 Å². The quantitative estimate of drug-likeness (QED) is 0.847. The van der Waals surface area contributed by atoms with Crippen LogP contribution in [0.25, 0.3) is 0 Å². The summed E-state index contributed by atoms with van der Waals surface area (Å²) in [6.45, 7) is 0. The van der Waals surface area contributed by atoms with Gasteiger partial charge in [-0.2, -0.15) is 0 Å². The number of hydrogen-bond acceptors (Lipinski definition) is 3. The van der Waals surface area contributed by atoms with E-state index in [0.29, 0.717) is 16.7 Å². The Labute approximate surface area is 91.9 Å². The van der Waals surface area contributed by atoms with Crippen molar-refractivity contribution < 1.29 is 9.84 Å². The Morgan fingerprint density at radius 1 is 1.13 bits per heavy atom. The average molecular weight is 222 g/mol. The van der Waals surface area contributed by atoms with E-state index in [4.69, 9.17) is 21.4 Å². The van der Waals surface area contributed by atoms with Crippen LogP contribution in [-0.2, 0) is 0 Å². The first kappa shape index (κ1) is 9.80. The molecule has 4 heteroatoms. The van der Waals surface area contributed by atoms with Crippen LogP contribution in [0.3, 0.4) is 0 Å². The van der Waals surface area contributed by atoms with E-state index in [1.54, 1.807) is 30.5 Å². The van der Waals surface area contributed by atoms with Crippen LogP contribution in [0.15, 0.2) is 42.6 Å². The molecule has 1 aromatic heterocycles. The van der Waals surface area contributed by atoms with Crippen LogP contribution in [0.2, 0.25) is 5.02 Å². The number of ether oxygens (including phenoxy) is 1. The smallest absolute Gasteiger partial charge is 0.238 e. The van der Waals surface area contributed by atoms with Crippen LogP contribution in [0.1, 0.15) is 0 Å². The molecular weight excluding hydrogens is 214 g/mol. The number of aromatic hydroxyl groups is 1. The third-order valence-electron chi connectivity index (χ3n) is 1.78. The standard InChI is InChI=1S/C11H8ClNO2/c12-10-2-1-7-13-11(10)15-9-5-3-8(14)4-6-9/h1-7,14H. The fourth-order valence-electron chi connectivity index (χ4n) is 1.07. The summed E-state index contributed by atoms with van der Waals surface area (Å²) < 4.78 is 5.41. The fourth-order valence-corrected chi connectivity index (χ4v) is 1.23. The lowest BCUT2D eigenvalue weighted by molar-refractivity contribution is 0.454. The van der Waals surface area contributed by atoms with Crippen molar-refractivity contribution in [1.82, 2.24) is 4.98 Å². The van der Waals surface area contributed by atoms with Crippen molar-refractivity contribution in [2.45, 2.75) is 0 Å². The summed E-state index contributed by atoms with van der Waals surface area (Å²) in [4.78, 5) is 3.98. The Bertz CT molecular complexity index is 456. The molecule has 0 aliphatic heterocycles. The number of hydrogen-bond donors (Lipinski definition) is 1. The summed E-state index contributed by atoms with van der Waals surface area (Å²) in [5.41, 5.74) is 0. The van der Waals surface area contributed by atoms with Crippen LogP contribution in [0.5, 0.6) is 17.4 Å². The molecule has 0 atom stereocenters. The van der Waals surface area contributed by atoms with Crippen LogP contribution < -0.4 is 4.74 Å². The molecule has 0 fully saturated rings. The molecule has 0 aliphatic rings. The summed E-state index contributed by atoms with van der Waals surface area (Å²) in [7, 11) is 0. The molecule has 0 bridgehead atoms. The Hall–Kier alpha value is -1.74. The molecule has 0 saturated carbocycles. The van der Waals surface area contributed by atoms with E-state index in [1.165, 1.54) is 12.1 Å². The highest BCUT2D eigenvalue weighted by Gasteiger charge is 2.02. The third kappa shape index (κ3) is 2.39. The summed E-state index contributed by atoms with van der Waals surface area (Å²) in [5, 5.41) is 9.53. The van der Waals surface area contributed by atoms with E-state index in [2.05, 4.69) is 4.98 Å². The third-order valence-corrected chi connectivity index (χ3v) is 2.06. The number of halogens is 1. The lowest BCUT2D eigenvalue weighted by Gasteiger charge is -2.05. The number of aromatic nitrogens is 1. The zero-order chi connectivity index (χ0) is 10.7. The van der Waals surface area contributed by atoms with E-state index in [9.17, 15) is 0 Å². The molecular formula is C11H8ClNO2. The molecule has 0 unspecified atom stereocenters. The highest BCUT2D eigenvalue weighted by atomic mass is 35.5. The van der Waals surface area contributed by atoms with Gasteiger partial charge >= 0.3 is 0 Å². The van der Waals surface area contributed by atoms with Crippen molar-refractivity contribution in [1.29, 1.82) is 0 Å². The Kier molecular flexibility index (Phi) is 2.74. The highest BCUT2D eigenvalue weighted by Crippen LogP contribution is 2.27. The van der Waals surface area contributed by atoms with E-state index in [0.717, 1.165) is 0 Å².